The average molecular weight is 301 g/mol. The molecule has 20 heavy (non-hydrogen) atoms. The molecule has 0 spiro atoms. The second kappa shape index (κ2) is 6.33. The summed E-state index contributed by atoms with van der Waals surface area (Å²) in [6, 6.07) is 2.58. The van der Waals surface area contributed by atoms with Crippen LogP contribution in [0.4, 0.5) is 5.69 Å². The van der Waals surface area contributed by atoms with Crippen molar-refractivity contribution < 1.29 is 19.6 Å². The lowest BCUT2D eigenvalue weighted by molar-refractivity contribution is -0.385. The van der Waals surface area contributed by atoms with E-state index < -0.39 is 28.5 Å². The fourth-order valence-corrected chi connectivity index (χ4v) is 1.95. The summed E-state index contributed by atoms with van der Waals surface area (Å²) in [6.45, 7) is 1.61. The van der Waals surface area contributed by atoms with Gasteiger partial charge in [-0.05, 0) is 18.6 Å². The fraction of sp³-hybridized carbons (Fsp3) is 0.333. The molecule has 0 bridgehead atoms. The second-order valence-electron chi connectivity index (χ2n) is 4.10. The van der Waals surface area contributed by atoms with Crippen LogP contribution in [-0.4, -0.2) is 39.9 Å². The molecule has 1 rings (SSSR count). The van der Waals surface area contributed by atoms with E-state index in [0.29, 0.717) is 0 Å². The van der Waals surface area contributed by atoms with Crippen LogP contribution in [0.15, 0.2) is 18.2 Å². The summed E-state index contributed by atoms with van der Waals surface area (Å²) in [5.74, 6) is -1.90. The van der Waals surface area contributed by atoms with Gasteiger partial charge in [0.2, 0.25) is 0 Å². The van der Waals surface area contributed by atoms with Crippen molar-refractivity contribution in [2.75, 3.05) is 7.05 Å². The molecule has 0 fully saturated rings. The van der Waals surface area contributed by atoms with Gasteiger partial charge in [-0.3, -0.25) is 14.9 Å². The number of halogens is 1. The number of rotatable bonds is 5. The molecule has 1 N–H and O–H groups in total. The van der Waals surface area contributed by atoms with Gasteiger partial charge in [-0.2, -0.15) is 0 Å². The van der Waals surface area contributed by atoms with E-state index in [4.69, 9.17) is 16.7 Å². The first-order valence-electron chi connectivity index (χ1n) is 5.73. The zero-order valence-electron chi connectivity index (χ0n) is 10.9. The molecule has 0 saturated heterocycles. The Morgan fingerprint density at radius 3 is 2.55 bits per heavy atom. The van der Waals surface area contributed by atoms with Crippen molar-refractivity contribution in [2.24, 2.45) is 0 Å². The third kappa shape index (κ3) is 3.24. The average Bonchev–Trinajstić information content (AvgIpc) is 2.37. The highest BCUT2D eigenvalue weighted by atomic mass is 35.5. The van der Waals surface area contributed by atoms with Crippen LogP contribution in [0.5, 0.6) is 0 Å². The third-order valence-electron chi connectivity index (χ3n) is 2.85. The van der Waals surface area contributed by atoms with E-state index in [2.05, 4.69) is 0 Å². The Balaban J connectivity index is 3.21. The van der Waals surface area contributed by atoms with Gasteiger partial charge in [-0.1, -0.05) is 18.5 Å². The SMILES string of the molecule is CCC(C(=O)O)N(C)C(=O)c1ccc(Cl)cc1[N+](=O)[O-]. The molecule has 108 valence electrons. The van der Waals surface area contributed by atoms with Gasteiger partial charge in [0.25, 0.3) is 11.6 Å². The standard InChI is InChI=1S/C12H13ClN2O5/c1-3-9(12(17)18)14(2)11(16)8-5-4-7(13)6-10(8)15(19)20/h4-6,9H,3H2,1-2H3,(H,17,18). The first kappa shape index (κ1) is 15.9. The smallest absolute Gasteiger partial charge is 0.326 e. The highest BCUT2D eigenvalue weighted by molar-refractivity contribution is 6.31. The summed E-state index contributed by atoms with van der Waals surface area (Å²) in [6.07, 6.45) is 0.193. The maximum absolute atomic E-state index is 12.2. The number of carboxylic acids is 1. The molecule has 8 heteroatoms. The minimum absolute atomic E-state index is 0.126. The first-order chi connectivity index (χ1) is 9.29. The van der Waals surface area contributed by atoms with Crippen LogP contribution in [0.1, 0.15) is 23.7 Å². The molecule has 0 aliphatic carbocycles. The number of hydrogen-bond donors (Lipinski definition) is 1. The number of hydrogen-bond acceptors (Lipinski definition) is 4. The van der Waals surface area contributed by atoms with Gasteiger partial charge in [-0.15, -0.1) is 0 Å². The topological polar surface area (TPSA) is 101 Å². The van der Waals surface area contributed by atoms with E-state index in [0.717, 1.165) is 11.0 Å². The minimum Gasteiger partial charge on any atom is -0.480 e. The van der Waals surface area contributed by atoms with Crippen molar-refractivity contribution in [3.63, 3.8) is 0 Å². The minimum atomic E-state index is -1.17. The molecule has 0 aromatic heterocycles. The largest absolute Gasteiger partial charge is 0.480 e. The normalized spacial score (nSPS) is 11.8. The van der Waals surface area contributed by atoms with Crippen molar-refractivity contribution in [2.45, 2.75) is 19.4 Å². The molecule has 0 heterocycles. The molecule has 7 nitrogen and oxygen atoms in total. The number of likely N-dealkylation sites (N-methyl/N-ethyl adjacent to an activating group) is 1. The number of benzene rings is 1. The maximum atomic E-state index is 12.2. The number of nitro groups is 1. The number of carboxylic acid groups (broad SMARTS) is 1. The van der Waals surface area contributed by atoms with Gasteiger partial charge >= 0.3 is 5.97 Å². The van der Waals surface area contributed by atoms with Crippen LogP contribution in [0.25, 0.3) is 0 Å². The lowest BCUT2D eigenvalue weighted by Crippen LogP contribution is -2.42. The Kier molecular flexibility index (Phi) is 5.04. The van der Waals surface area contributed by atoms with Gasteiger partial charge in [0.15, 0.2) is 0 Å². The quantitative estimate of drug-likeness (QED) is 0.663. The molecular weight excluding hydrogens is 288 g/mol. The monoisotopic (exact) mass is 300 g/mol. The number of nitrogens with zero attached hydrogens (tertiary/aromatic N) is 2. The van der Waals surface area contributed by atoms with Gasteiger partial charge < -0.3 is 10.0 Å². The summed E-state index contributed by atoms with van der Waals surface area (Å²) in [7, 11) is 1.29. The molecule has 1 aromatic carbocycles. The van der Waals surface area contributed by atoms with Crippen molar-refractivity contribution in [3.8, 4) is 0 Å². The Morgan fingerprint density at radius 2 is 2.10 bits per heavy atom. The van der Waals surface area contributed by atoms with Crippen LogP contribution in [-0.2, 0) is 4.79 Å². The van der Waals surface area contributed by atoms with E-state index in [1.165, 1.54) is 19.2 Å². The van der Waals surface area contributed by atoms with Crippen LogP contribution >= 0.6 is 11.6 Å². The number of nitro benzene ring substituents is 1. The summed E-state index contributed by atoms with van der Waals surface area (Å²) in [5.41, 5.74) is -0.642. The van der Waals surface area contributed by atoms with E-state index in [-0.39, 0.29) is 17.0 Å². The van der Waals surface area contributed by atoms with Crippen LogP contribution < -0.4 is 0 Å². The van der Waals surface area contributed by atoms with Gasteiger partial charge in [-0.25, -0.2) is 4.79 Å². The van der Waals surface area contributed by atoms with Gasteiger partial charge in [0, 0.05) is 18.1 Å². The van der Waals surface area contributed by atoms with Gasteiger partial charge in [0.05, 0.1) is 4.92 Å². The molecule has 0 aliphatic rings. The van der Waals surface area contributed by atoms with Gasteiger partial charge in [0.1, 0.15) is 11.6 Å². The molecule has 0 saturated carbocycles. The summed E-state index contributed by atoms with van der Waals surface area (Å²) >= 11 is 5.66. The lowest BCUT2D eigenvalue weighted by Gasteiger charge is -2.23. The summed E-state index contributed by atoms with van der Waals surface area (Å²) in [5, 5.41) is 20.1. The Labute approximate surface area is 119 Å². The van der Waals surface area contributed by atoms with E-state index in [9.17, 15) is 19.7 Å². The fourth-order valence-electron chi connectivity index (χ4n) is 1.78. The van der Waals surface area contributed by atoms with E-state index in [1.807, 2.05) is 0 Å². The maximum Gasteiger partial charge on any atom is 0.326 e. The molecule has 1 atom stereocenters. The van der Waals surface area contributed by atoms with Crippen LogP contribution in [0.3, 0.4) is 0 Å². The summed E-state index contributed by atoms with van der Waals surface area (Å²) in [4.78, 5) is 34.4. The third-order valence-corrected chi connectivity index (χ3v) is 3.08. The highest BCUT2D eigenvalue weighted by Crippen LogP contribution is 2.25. The second-order valence-corrected chi connectivity index (χ2v) is 4.53. The van der Waals surface area contributed by atoms with E-state index >= 15 is 0 Å². The summed E-state index contributed by atoms with van der Waals surface area (Å²) < 4.78 is 0. The van der Waals surface area contributed by atoms with Crippen LogP contribution in [0.2, 0.25) is 5.02 Å². The Bertz CT molecular complexity index is 561. The highest BCUT2D eigenvalue weighted by Gasteiger charge is 2.29. The number of aliphatic carboxylic acids is 1. The molecule has 1 amide bonds. The predicted molar refractivity (Wildman–Crippen MR) is 71.9 cm³/mol. The molecule has 1 aromatic rings. The van der Waals surface area contributed by atoms with Crippen molar-refractivity contribution in [1.82, 2.24) is 4.90 Å². The molecule has 0 aliphatic heterocycles. The molecule has 0 radical (unpaired) electrons. The van der Waals surface area contributed by atoms with Crippen molar-refractivity contribution in [1.29, 1.82) is 0 Å². The van der Waals surface area contributed by atoms with Crippen LogP contribution in [0, 0.1) is 10.1 Å². The van der Waals surface area contributed by atoms with E-state index in [1.54, 1.807) is 6.92 Å². The first-order valence-corrected chi connectivity index (χ1v) is 6.11. The lowest BCUT2D eigenvalue weighted by atomic mass is 10.1. The zero-order chi connectivity index (χ0) is 15.4. The number of carbonyl (C=O) groups is 2. The number of amides is 1. The Hall–Kier alpha value is -2.15. The number of carbonyl (C=O) groups excluding carboxylic acids is 1. The molecular formula is C12H13ClN2O5. The van der Waals surface area contributed by atoms with Crippen molar-refractivity contribution in [3.05, 3.63) is 38.9 Å². The van der Waals surface area contributed by atoms with Crippen molar-refractivity contribution >= 4 is 29.2 Å². The Morgan fingerprint density at radius 1 is 1.50 bits per heavy atom. The molecule has 1 unspecified atom stereocenters. The predicted octanol–water partition coefficient (Wildman–Crippen LogP) is 2.18. The zero-order valence-corrected chi connectivity index (χ0v) is 11.6.